The van der Waals surface area contributed by atoms with Crippen molar-refractivity contribution < 1.29 is 23.3 Å². The predicted molar refractivity (Wildman–Crippen MR) is 130 cm³/mol. The zero-order valence-electron chi connectivity index (χ0n) is 19.4. The van der Waals surface area contributed by atoms with Crippen molar-refractivity contribution in [3.63, 3.8) is 0 Å². The molecule has 4 aromatic rings. The number of piperidine rings is 1. The van der Waals surface area contributed by atoms with Crippen LogP contribution in [0.25, 0.3) is 22.2 Å². The first kappa shape index (κ1) is 21.5. The Kier molecular flexibility index (Phi) is 5.28. The second-order valence-electron chi connectivity index (χ2n) is 8.90. The van der Waals surface area contributed by atoms with Gasteiger partial charge in [0.25, 0.3) is 0 Å². The van der Waals surface area contributed by atoms with E-state index in [2.05, 4.69) is 15.4 Å². The molecule has 0 unspecified atom stereocenters. The molecule has 178 valence electrons. The Morgan fingerprint density at radius 2 is 2.09 bits per heavy atom. The molecule has 1 saturated heterocycles. The van der Waals surface area contributed by atoms with E-state index >= 15 is 0 Å². The highest BCUT2D eigenvalue weighted by molar-refractivity contribution is 6.28. The lowest BCUT2D eigenvalue weighted by molar-refractivity contribution is -0.148. The molecule has 0 amide bonds. The Hall–Kier alpha value is -4.07. The lowest BCUT2D eigenvalue weighted by atomic mass is 9.86. The number of rotatable bonds is 6. The van der Waals surface area contributed by atoms with E-state index < -0.39 is 0 Å². The van der Waals surface area contributed by atoms with E-state index in [-0.39, 0.29) is 17.7 Å². The normalized spacial score (nSPS) is 16.9. The number of nitrogens with one attached hydrogen (secondary N) is 1. The summed E-state index contributed by atoms with van der Waals surface area (Å²) in [5.74, 6) is 0.894. The van der Waals surface area contributed by atoms with E-state index in [4.69, 9.17) is 13.7 Å². The average Bonchev–Trinajstić information content (AvgIpc) is 3.57. The van der Waals surface area contributed by atoms with Gasteiger partial charge in [-0.3, -0.25) is 9.59 Å². The summed E-state index contributed by atoms with van der Waals surface area (Å²) in [6.07, 6.45) is 3.27. The molecule has 0 bridgehead atoms. The number of carbonyl (C=O) groups is 2. The molecule has 3 heterocycles. The third-order valence-electron chi connectivity index (χ3n) is 6.79. The van der Waals surface area contributed by atoms with Gasteiger partial charge >= 0.3 is 5.97 Å². The number of nitrogens with zero attached hydrogens (tertiary/aromatic N) is 2. The first-order chi connectivity index (χ1) is 17.2. The molecule has 1 aliphatic heterocycles. The number of hydrogen-bond donors (Lipinski definition) is 1. The van der Waals surface area contributed by atoms with E-state index in [1.807, 2.05) is 49.4 Å². The van der Waals surface area contributed by atoms with E-state index in [1.54, 1.807) is 6.26 Å². The number of benzene rings is 2. The predicted octanol–water partition coefficient (Wildman–Crippen LogP) is 5.02. The third kappa shape index (κ3) is 3.56. The van der Waals surface area contributed by atoms with Gasteiger partial charge in [0.05, 0.1) is 42.0 Å². The molecule has 8 nitrogen and oxygen atoms in total. The molecule has 35 heavy (non-hydrogen) atoms. The number of esters is 1. The van der Waals surface area contributed by atoms with E-state index in [0.717, 1.165) is 36.4 Å². The molecule has 0 saturated carbocycles. The fraction of sp³-hybridized carbons (Fsp3) is 0.296. The minimum Gasteiger partial charge on any atom is -0.467 e. The molecule has 8 heteroatoms. The van der Waals surface area contributed by atoms with Crippen LogP contribution in [-0.4, -0.2) is 36.6 Å². The van der Waals surface area contributed by atoms with Crippen molar-refractivity contribution in [3.8, 4) is 11.3 Å². The lowest BCUT2D eigenvalue weighted by Crippen LogP contribution is -2.39. The largest absolute Gasteiger partial charge is 0.467 e. The third-order valence-corrected chi connectivity index (χ3v) is 6.79. The molecule has 6 rings (SSSR count). The summed E-state index contributed by atoms with van der Waals surface area (Å²) in [7, 11) is 0. The summed E-state index contributed by atoms with van der Waals surface area (Å²) >= 11 is 0. The van der Waals surface area contributed by atoms with Crippen molar-refractivity contribution in [2.45, 2.75) is 26.3 Å². The van der Waals surface area contributed by atoms with Gasteiger partial charge in [-0.25, -0.2) is 0 Å². The second-order valence-corrected chi connectivity index (χ2v) is 8.90. The van der Waals surface area contributed by atoms with Crippen LogP contribution >= 0.6 is 0 Å². The van der Waals surface area contributed by atoms with Crippen molar-refractivity contribution >= 4 is 34.0 Å². The number of furan rings is 1. The van der Waals surface area contributed by atoms with Crippen LogP contribution in [0.3, 0.4) is 0 Å². The van der Waals surface area contributed by atoms with Crippen LogP contribution in [-0.2, 0) is 16.1 Å². The van der Waals surface area contributed by atoms with Crippen molar-refractivity contribution in [2.75, 3.05) is 29.9 Å². The highest BCUT2D eigenvalue weighted by atomic mass is 16.5. The monoisotopic (exact) mass is 471 g/mol. The Labute approximate surface area is 201 Å². The number of ketones is 1. The molecular formula is C27H25N3O5. The van der Waals surface area contributed by atoms with Crippen molar-refractivity contribution in [2.24, 2.45) is 5.92 Å². The van der Waals surface area contributed by atoms with E-state index in [9.17, 15) is 9.59 Å². The second kappa shape index (κ2) is 8.61. The maximum Gasteiger partial charge on any atom is 0.310 e. The van der Waals surface area contributed by atoms with Gasteiger partial charge in [-0.15, -0.1) is 0 Å². The summed E-state index contributed by atoms with van der Waals surface area (Å²) in [6.45, 7) is 3.91. The fourth-order valence-corrected chi connectivity index (χ4v) is 5.17. The van der Waals surface area contributed by atoms with Gasteiger partial charge in [0, 0.05) is 29.9 Å². The maximum absolute atomic E-state index is 13.7. The van der Waals surface area contributed by atoms with Gasteiger partial charge in [-0.1, -0.05) is 29.4 Å². The van der Waals surface area contributed by atoms with Gasteiger partial charge in [-0.05, 0) is 38.0 Å². The van der Waals surface area contributed by atoms with E-state index in [0.29, 0.717) is 53.2 Å². The van der Waals surface area contributed by atoms with Gasteiger partial charge in [-0.2, -0.15) is 0 Å². The first-order valence-electron chi connectivity index (χ1n) is 11.9. The van der Waals surface area contributed by atoms with Crippen LogP contribution in [0.1, 0.15) is 41.4 Å². The van der Waals surface area contributed by atoms with Gasteiger partial charge in [0.2, 0.25) is 0 Å². The molecule has 2 aliphatic rings. The molecule has 1 fully saturated rings. The van der Waals surface area contributed by atoms with Crippen LogP contribution in [0, 0.1) is 5.92 Å². The first-order valence-corrected chi connectivity index (χ1v) is 11.9. The zero-order valence-corrected chi connectivity index (χ0v) is 19.4. The molecule has 1 N–H and O–H groups in total. The topological polar surface area (TPSA) is 97.8 Å². The van der Waals surface area contributed by atoms with Crippen LogP contribution in [0.2, 0.25) is 0 Å². The highest BCUT2D eigenvalue weighted by Gasteiger charge is 2.35. The summed E-state index contributed by atoms with van der Waals surface area (Å²) in [4.78, 5) is 28.3. The molecule has 1 aliphatic carbocycles. The van der Waals surface area contributed by atoms with Crippen LogP contribution in [0.5, 0.6) is 0 Å². The Balaban J connectivity index is 1.48. The maximum atomic E-state index is 13.7. The van der Waals surface area contributed by atoms with Crippen LogP contribution in [0.15, 0.2) is 57.7 Å². The fourth-order valence-electron chi connectivity index (χ4n) is 5.17. The highest BCUT2D eigenvalue weighted by Crippen LogP contribution is 2.46. The molecule has 2 aromatic carbocycles. The Morgan fingerprint density at radius 3 is 2.89 bits per heavy atom. The van der Waals surface area contributed by atoms with Crippen molar-refractivity contribution in [3.05, 3.63) is 65.6 Å². The molecule has 1 atom stereocenters. The smallest absolute Gasteiger partial charge is 0.310 e. The Bertz CT molecular complexity index is 1420. The molecule has 2 aromatic heterocycles. The number of anilines is 2. The number of ether oxygens (including phenoxy) is 1. The molecule has 0 spiro atoms. The quantitative estimate of drug-likeness (QED) is 0.345. The number of fused-ring (bicyclic) bond motifs is 2. The van der Waals surface area contributed by atoms with Crippen molar-refractivity contribution in [1.82, 2.24) is 5.16 Å². The Morgan fingerprint density at radius 1 is 1.23 bits per heavy atom. The van der Waals surface area contributed by atoms with Crippen LogP contribution < -0.4 is 10.2 Å². The minimum absolute atomic E-state index is 0.0714. The average molecular weight is 472 g/mol. The summed E-state index contributed by atoms with van der Waals surface area (Å²) < 4.78 is 16.6. The minimum atomic E-state index is -0.209. The molecular weight excluding hydrogens is 446 g/mol. The summed E-state index contributed by atoms with van der Waals surface area (Å²) in [6, 6.07) is 13.1. The van der Waals surface area contributed by atoms with Gasteiger partial charge in [0.15, 0.2) is 11.5 Å². The van der Waals surface area contributed by atoms with Gasteiger partial charge < -0.3 is 23.9 Å². The lowest BCUT2D eigenvalue weighted by Gasteiger charge is -2.34. The summed E-state index contributed by atoms with van der Waals surface area (Å²) in [5, 5.41) is 8.53. The van der Waals surface area contributed by atoms with Crippen LogP contribution in [0.4, 0.5) is 11.4 Å². The SMILES string of the molecule is CCOC(=O)[C@@H]1CCCN(c2cc(NCc3ccco3)c3c4c(onc24)-c2ccccc2C3=O)C1. The standard InChI is InChI=1S/C27H25N3O5/c1-2-33-27(32)16-7-5-11-30(15-16)21-13-20(28-14-17-8-6-12-34-17)22-23-24(21)29-35-26(23)19-10-4-3-9-18(19)25(22)31/h3-4,6,8-10,12-13,16,28H,2,5,7,11,14-15H2,1H3/t16-/m1/s1. The zero-order chi connectivity index (χ0) is 23.9. The number of carbonyl (C=O) groups excluding carboxylic acids is 2. The number of hydrogen-bond acceptors (Lipinski definition) is 8. The van der Waals surface area contributed by atoms with Crippen molar-refractivity contribution in [1.29, 1.82) is 0 Å². The summed E-state index contributed by atoms with van der Waals surface area (Å²) in [5.41, 5.74) is 4.03. The number of aromatic nitrogens is 1. The van der Waals surface area contributed by atoms with E-state index in [1.165, 1.54) is 0 Å². The van der Waals surface area contributed by atoms with Gasteiger partial charge in [0.1, 0.15) is 11.3 Å². The molecule has 0 radical (unpaired) electrons.